The molecule has 206 valence electrons. The lowest BCUT2D eigenvalue weighted by Crippen LogP contribution is -2.49. The molecule has 1 amide bonds. The van der Waals surface area contributed by atoms with Gasteiger partial charge in [0, 0.05) is 42.5 Å². The number of carbonyl (C=O) groups is 1. The Labute approximate surface area is 235 Å². The van der Waals surface area contributed by atoms with Crippen LogP contribution in [0.1, 0.15) is 32.1 Å². The van der Waals surface area contributed by atoms with E-state index in [4.69, 9.17) is 22.1 Å². The van der Waals surface area contributed by atoms with Crippen LogP contribution < -0.4 is 16.2 Å². The number of hydrogen-bond acceptors (Lipinski definition) is 9. The average Bonchev–Trinajstić information content (AvgIpc) is 3.31. The normalized spacial score (nSPS) is 21.1. The number of aromatic nitrogens is 4. The molecular formula is C27H32ClN7O3S. The molecule has 0 saturated carbocycles. The van der Waals surface area contributed by atoms with E-state index in [9.17, 15) is 9.59 Å². The molecule has 3 saturated heterocycles. The zero-order valence-electron chi connectivity index (χ0n) is 21.7. The van der Waals surface area contributed by atoms with Crippen molar-refractivity contribution in [3.63, 3.8) is 0 Å². The van der Waals surface area contributed by atoms with Gasteiger partial charge in [0.1, 0.15) is 17.4 Å². The molecule has 0 bridgehead atoms. The molecule has 3 aliphatic rings. The fraction of sp³-hybridized carbons (Fsp3) is 0.519. The zero-order valence-corrected chi connectivity index (χ0v) is 23.3. The maximum Gasteiger partial charge on any atom is 0.263 e. The van der Waals surface area contributed by atoms with Crippen LogP contribution in [-0.4, -0.2) is 75.8 Å². The largest absolute Gasteiger partial charge is 0.379 e. The number of fused-ring (bicyclic) bond motifs is 1. The van der Waals surface area contributed by atoms with Gasteiger partial charge in [-0.15, -0.1) is 0 Å². The molecule has 0 radical (unpaired) electrons. The number of nitrogens with two attached hydrogens (primary N) is 1. The Morgan fingerprint density at radius 1 is 1.10 bits per heavy atom. The van der Waals surface area contributed by atoms with Gasteiger partial charge in [0.25, 0.3) is 5.56 Å². The van der Waals surface area contributed by atoms with Crippen molar-refractivity contribution in [2.45, 2.75) is 54.6 Å². The summed E-state index contributed by atoms with van der Waals surface area (Å²) in [6.45, 7) is 4.55. The number of halogens is 1. The second-order valence-electron chi connectivity index (χ2n) is 10.7. The number of piperidine rings is 2. The quantitative estimate of drug-likeness (QED) is 0.494. The lowest BCUT2D eigenvalue weighted by Gasteiger charge is -2.41. The number of likely N-dealkylation sites (tertiary alicyclic amines) is 1. The standard InChI is InChI=1S/C27H32ClN7O3S/c28-25-19(5-4-18-24(25)26(37)35(17-32-18)14-23(36)34-8-2-1-3-9-34)39-22-13-30-21(12-31-22)33-10-6-27(7-11-33)16-38-15-20(27)29/h4-5,12-13,17,20H,1-3,6-11,14-16,29H2/t20-/m1/s1. The second kappa shape index (κ2) is 11.0. The summed E-state index contributed by atoms with van der Waals surface area (Å²) >= 11 is 8.07. The van der Waals surface area contributed by atoms with Crippen molar-refractivity contribution in [3.8, 4) is 0 Å². The van der Waals surface area contributed by atoms with Crippen LogP contribution in [0.3, 0.4) is 0 Å². The van der Waals surface area contributed by atoms with Gasteiger partial charge in [-0.05, 0) is 44.2 Å². The highest BCUT2D eigenvalue weighted by Crippen LogP contribution is 2.40. The summed E-state index contributed by atoms with van der Waals surface area (Å²) in [5, 5.41) is 1.28. The summed E-state index contributed by atoms with van der Waals surface area (Å²) < 4.78 is 6.98. The molecular weight excluding hydrogens is 538 g/mol. The van der Waals surface area contributed by atoms with E-state index >= 15 is 0 Å². The predicted molar refractivity (Wildman–Crippen MR) is 150 cm³/mol. The van der Waals surface area contributed by atoms with Crippen LogP contribution in [0.4, 0.5) is 5.82 Å². The molecule has 2 aromatic heterocycles. The van der Waals surface area contributed by atoms with E-state index in [1.54, 1.807) is 18.5 Å². The molecule has 5 heterocycles. The van der Waals surface area contributed by atoms with E-state index in [-0.39, 0.29) is 29.5 Å². The minimum Gasteiger partial charge on any atom is -0.379 e. The van der Waals surface area contributed by atoms with E-state index in [0.717, 1.165) is 70.7 Å². The number of anilines is 1. The van der Waals surface area contributed by atoms with Gasteiger partial charge in [-0.25, -0.2) is 15.0 Å². The summed E-state index contributed by atoms with van der Waals surface area (Å²) in [7, 11) is 0. The van der Waals surface area contributed by atoms with Gasteiger partial charge in [-0.3, -0.25) is 14.2 Å². The Bertz CT molecular complexity index is 1420. The molecule has 12 heteroatoms. The summed E-state index contributed by atoms with van der Waals surface area (Å²) in [6, 6.07) is 3.70. The Morgan fingerprint density at radius 2 is 1.90 bits per heavy atom. The van der Waals surface area contributed by atoms with Crippen molar-refractivity contribution in [3.05, 3.63) is 46.2 Å². The molecule has 0 aliphatic carbocycles. The first kappa shape index (κ1) is 26.5. The topological polar surface area (TPSA) is 119 Å². The monoisotopic (exact) mass is 569 g/mol. The van der Waals surface area contributed by atoms with Crippen LogP contribution in [0.2, 0.25) is 5.02 Å². The molecule has 0 unspecified atom stereocenters. The molecule has 3 fully saturated rings. The first-order valence-corrected chi connectivity index (χ1v) is 14.7. The van der Waals surface area contributed by atoms with E-state index in [2.05, 4.69) is 19.9 Å². The molecule has 39 heavy (non-hydrogen) atoms. The van der Waals surface area contributed by atoms with Crippen molar-refractivity contribution >= 4 is 46.0 Å². The lowest BCUT2D eigenvalue weighted by molar-refractivity contribution is -0.132. The fourth-order valence-corrected chi connectivity index (χ4v) is 6.89. The van der Waals surface area contributed by atoms with Crippen LogP contribution in [0, 0.1) is 5.41 Å². The van der Waals surface area contributed by atoms with Crippen LogP contribution in [-0.2, 0) is 16.1 Å². The van der Waals surface area contributed by atoms with Gasteiger partial charge in [-0.2, -0.15) is 0 Å². The average molecular weight is 570 g/mol. The fourth-order valence-electron chi connectivity index (χ4n) is 5.77. The Morgan fingerprint density at radius 3 is 2.59 bits per heavy atom. The summed E-state index contributed by atoms with van der Waals surface area (Å²) in [5.41, 5.74) is 6.56. The molecule has 1 atom stereocenters. The van der Waals surface area contributed by atoms with Crippen LogP contribution >= 0.6 is 23.4 Å². The highest BCUT2D eigenvalue weighted by Gasteiger charge is 2.44. The third kappa shape index (κ3) is 5.25. The smallest absolute Gasteiger partial charge is 0.263 e. The minimum atomic E-state index is -0.325. The van der Waals surface area contributed by atoms with E-state index in [0.29, 0.717) is 32.5 Å². The Hall–Kier alpha value is -2.73. The maximum absolute atomic E-state index is 13.3. The number of carbonyl (C=O) groups excluding carboxylic acids is 1. The van der Waals surface area contributed by atoms with Crippen LogP contribution in [0.15, 0.2) is 45.6 Å². The highest BCUT2D eigenvalue weighted by atomic mass is 35.5. The number of rotatable bonds is 5. The number of amides is 1. The van der Waals surface area contributed by atoms with Crippen LogP contribution in [0.25, 0.3) is 10.9 Å². The van der Waals surface area contributed by atoms with Crippen molar-refractivity contribution in [2.75, 3.05) is 44.3 Å². The molecule has 1 aromatic carbocycles. The number of ether oxygens (including phenoxy) is 1. The van der Waals surface area contributed by atoms with Gasteiger partial charge in [0.15, 0.2) is 0 Å². The van der Waals surface area contributed by atoms with Crippen molar-refractivity contribution in [2.24, 2.45) is 11.1 Å². The molecule has 6 rings (SSSR count). The second-order valence-corrected chi connectivity index (χ2v) is 12.1. The highest BCUT2D eigenvalue weighted by molar-refractivity contribution is 7.99. The Balaban J connectivity index is 1.16. The Kier molecular flexibility index (Phi) is 7.49. The first-order chi connectivity index (χ1) is 18.9. The summed E-state index contributed by atoms with van der Waals surface area (Å²) in [6.07, 6.45) is 10.0. The first-order valence-electron chi connectivity index (χ1n) is 13.5. The van der Waals surface area contributed by atoms with Gasteiger partial charge >= 0.3 is 0 Å². The van der Waals surface area contributed by atoms with Crippen molar-refractivity contribution in [1.29, 1.82) is 0 Å². The van der Waals surface area contributed by atoms with E-state index in [1.807, 2.05) is 11.0 Å². The van der Waals surface area contributed by atoms with Gasteiger partial charge < -0.3 is 20.3 Å². The third-order valence-corrected chi connectivity index (χ3v) is 9.78. The van der Waals surface area contributed by atoms with Crippen molar-refractivity contribution in [1.82, 2.24) is 24.4 Å². The maximum atomic E-state index is 13.3. The van der Waals surface area contributed by atoms with E-state index < -0.39 is 0 Å². The third-order valence-electron chi connectivity index (χ3n) is 8.30. The molecule has 3 aliphatic heterocycles. The van der Waals surface area contributed by atoms with E-state index in [1.165, 1.54) is 22.7 Å². The van der Waals surface area contributed by atoms with Gasteiger partial charge in [0.05, 0.1) is 47.9 Å². The SMILES string of the molecule is N[C@@H]1COCC12CCN(c1cnc(Sc3ccc4ncn(CC(=O)N5CCCCC5)c(=O)c4c3Cl)cn1)CC2. The molecule has 1 spiro atoms. The number of nitrogens with zero attached hydrogens (tertiary/aromatic N) is 6. The van der Waals surface area contributed by atoms with Crippen molar-refractivity contribution < 1.29 is 9.53 Å². The summed E-state index contributed by atoms with van der Waals surface area (Å²) in [5.74, 6) is 0.759. The number of benzene rings is 1. The van der Waals surface area contributed by atoms with Crippen LogP contribution in [0.5, 0.6) is 0 Å². The number of hydrogen-bond donors (Lipinski definition) is 1. The molecule has 10 nitrogen and oxygen atoms in total. The zero-order chi connectivity index (χ0) is 27.0. The van der Waals surface area contributed by atoms with Gasteiger partial charge in [0.2, 0.25) is 5.91 Å². The molecule has 3 aromatic rings. The minimum absolute atomic E-state index is 0.0427. The van der Waals surface area contributed by atoms with Gasteiger partial charge in [-0.1, -0.05) is 23.4 Å². The predicted octanol–water partition coefficient (Wildman–Crippen LogP) is 2.95. The summed E-state index contributed by atoms with van der Waals surface area (Å²) in [4.78, 5) is 44.4. The molecule has 2 N–H and O–H groups in total. The lowest BCUT2D eigenvalue weighted by atomic mass is 9.75.